The Labute approximate surface area is 200 Å². The van der Waals surface area contributed by atoms with Gasteiger partial charge in [-0.1, -0.05) is 19.1 Å². The van der Waals surface area contributed by atoms with Gasteiger partial charge in [-0.15, -0.1) is 0 Å². The van der Waals surface area contributed by atoms with E-state index in [1.165, 1.54) is 12.0 Å². The van der Waals surface area contributed by atoms with Gasteiger partial charge in [-0.2, -0.15) is 5.10 Å². The molecule has 1 amide bonds. The van der Waals surface area contributed by atoms with Crippen LogP contribution in [0.1, 0.15) is 56.3 Å². The highest BCUT2D eigenvalue weighted by molar-refractivity contribution is 6.08. The fraction of sp³-hybridized carbons (Fsp3) is 0.481. The van der Waals surface area contributed by atoms with E-state index in [-0.39, 0.29) is 18.1 Å². The highest BCUT2D eigenvalue weighted by Crippen LogP contribution is 2.32. The number of likely N-dealkylation sites (tertiary alicyclic amines) is 2. The van der Waals surface area contributed by atoms with Gasteiger partial charge in [0.05, 0.1) is 11.8 Å². The zero-order valence-electron chi connectivity index (χ0n) is 20.0. The number of rotatable bonds is 2. The maximum absolute atomic E-state index is 13.8. The normalized spacial score (nSPS) is 26.9. The second-order valence-corrected chi connectivity index (χ2v) is 10.2. The van der Waals surface area contributed by atoms with Crippen LogP contribution in [0.5, 0.6) is 0 Å². The van der Waals surface area contributed by atoms with Crippen LogP contribution in [0.3, 0.4) is 0 Å². The van der Waals surface area contributed by atoms with E-state index < -0.39 is 0 Å². The van der Waals surface area contributed by atoms with Crippen molar-refractivity contribution in [2.75, 3.05) is 19.6 Å². The molecule has 2 saturated heterocycles. The lowest BCUT2D eigenvalue weighted by Crippen LogP contribution is -2.48. The molecule has 0 saturated carbocycles. The minimum atomic E-state index is 0.00485. The first-order valence-corrected chi connectivity index (χ1v) is 12.6. The second-order valence-electron chi connectivity index (χ2n) is 10.2. The van der Waals surface area contributed by atoms with Gasteiger partial charge in [0.2, 0.25) is 0 Å². The molecule has 1 aromatic heterocycles. The SMILES string of the molecule is CC1=CN2N=C([C@@H]3CCCCN3C(=O)c3cccc4ccncc34)CC2N=C1N1CC[C@H](C)C1. The Morgan fingerprint density at radius 1 is 1.12 bits per heavy atom. The molecule has 0 bridgehead atoms. The lowest BCUT2D eigenvalue weighted by molar-refractivity contribution is 0.0681. The van der Waals surface area contributed by atoms with Crippen LogP contribution >= 0.6 is 0 Å². The van der Waals surface area contributed by atoms with Crippen LogP contribution < -0.4 is 0 Å². The second kappa shape index (κ2) is 8.53. The number of benzene rings is 1. The number of carbonyl (C=O) groups is 1. The Balaban J connectivity index is 1.26. The first-order valence-electron chi connectivity index (χ1n) is 12.6. The maximum atomic E-state index is 13.8. The zero-order chi connectivity index (χ0) is 23.2. The van der Waals surface area contributed by atoms with E-state index >= 15 is 0 Å². The van der Waals surface area contributed by atoms with Crippen LogP contribution in [-0.2, 0) is 0 Å². The maximum Gasteiger partial charge on any atom is 0.255 e. The molecule has 176 valence electrons. The number of pyridine rings is 1. The smallest absolute Gasteiger partial charge is 0.255 e. The van der Waals surface area contributed by atoms with Crippen LogP contribution in [0.15, 0.2) is 58.5 Å². The molecule has 4 aliphatic heterocycles. The first kappa shape index (κ1) is 21.3. The Kier molecular flexibility index (Phi) is 5.35. The average molecular weight is 457 g/mol. The third-order valence-electron chi connectivity index (χ3n) is 7.68. The molecule has 7 heteroatoms. The fourth-order valence-corrected chi connectivity index (χ4v) is 5.89. The number of aromatic nitrogens is 1. The molecule has 6 rings (SSSR count). The van der Waals surface area contributed by atoms with E-state index in [1.54, 1.807) is 12.4 Å². The van der Waals surface area contributed by atoms with Gasteiger partial charge in [0.25, 0.3) is 5.91 Å². The van der Waals surface area contributed by atoms with Gasteiger partial charge in [0.1, 0.15) is 12.0 Å². The van der Waals surface area contributed by atoms with Gasteiger partial charge in [0.15, 0.2) is 0 Å². The van der Waals surface area contributed by atoms with Crippen molar-refractivity contribution in [3.8, 4) is 0 Å². The van der Waals surface area contributed by atoms with Crippen molar-refractivity contribution in [3.63, 3.8) is 0 Å². The molecule has 0 spiro atoms. The summed E-state index contributed by atoms with van der Waals surface area (Å²) >= 11 is 0. The summed E-state index contributed by atoms with van der Waals surface area (Å²) in [4.78, 5) is 27.7. The molecule has 3 atom stereocenters. The number of amidine groups is 1. The van der Waals surface area contributed by atoms with E-state index in [1.807, 2.05) is 34.2 Å². The lowest BCUT2D eigenvalue weighted by Gasteiger charge is -2.36. The summed E-state index contributed by atoms with van der Waals surface area (Å²) in [5, 5.41) is 8.97. The number of amides is 1. The molecule has 34 heavy (non-hydrogen) atoms. The summed E-state index contributed by atoms with van der Waals surface area (Å²) < 4.78 is 0. The molecule has 4 aliphatic rings. The molecule has 5 heterocycles. The van der Waals surface area contributed by atoms with Gasteiger partial charge in [-0.05, 0) is 56.0 Å². The Hall–Kier alpha value is -3.22. The highest BCUT2D eigenvalue weighted by atomic mass is 16.2. The molecule has 2 fully saturated rings. The van der Waals surface area contributed by atoms with Crippen molar-refractivity contribution in [2.24, 2.45) is 16.0 Å². The number of piperidine rings is 1. The number of carbonyl (C=O) groups excluding carboxylic acids is 1. The van der Waals surface area contributed by atoms with Gasteiger partial charge >= 0.3 is 0 Å². The number of aliphatic imine (C=N–C) groups is 1. The van der Waals surface area contributed by atoms with Gasteiger partial charge in [-0.3, -0.25) is 9.78 Å². The number of hydrazone groups is 1. The summed E-state index contributed by atoms with van der Waals surface area (Å²) in [5.41, 5.74) is 2.99. The Morgan fingerprint density at radius 3 is 2.88 bits per heavy atom. The molecule has 2 aromatic rings. The molecular formula is C27H32N6O. The molecule has 0 radical (unpaired) electrons. The summed E-state index contributed by atoms with van der Waals surface area (Å²) in [6.45, 7) is 7.37. The van der Waals surface area contributed by atoms with Crippen LogP contribution in [0.25, 0.3) is 10.8 Å². The van der Waals surface area contributed by atoms with Gasteiger partial charge in [0, 0.05) is 61.2 Å². The van der Waals surface area contributed by atoms with E-state index in [9.17, 15) is 4.79 Å². The summed E-state index contributed by atoms with van der Waals surface area (Å²) in [5.74, 6) is 1.93. The topological polar surface area (TPSA) is 64.4 Å². The molecular weight excluding hydrogens is 424 g/mol. The van der Waals surface area contributed by atoms with Crippen molar-refractivity contribution < 1.29 is 4.79 Å². The molecule has 1 aromatic carbocycles. The molecule has 0 aliphatic carbocycles. The Bertz CT molecular complexity index is 1210. The van der Waals surface area contributed by atoms with Crippen molar-refractivity contribution in [2.45, 2.75) is 58.2 Å². The van der Waals surface area contributed by atoms with Gasteiger partial charge in [-0.25, -0.2) is 10.0 Å². The monoisotopic (exact) mass is 456 g/mol. The highest BCUT2D eigenvalue weighted by Gasteiger charge is 2.39. The first-order chi connectivity index (χ1) is 16.6. The van der Waals surface area contributed by atoms with E-state index in [4.69, 9.17) is 10.1 Å². The van der Waals surface area contributed by atoms with Crippen LogP contribution in [0, 0.1) is 5.92 Å². The summed E-state index contributed by atoms with van der Waals surface area (Å²) in [7, 11) is 0. The predicted molar refractivity (Wildman–Crippen MR) is 135 cm³/mol. The van der Waals surface area contributed by atoms with Gasteiger partial charge < -0.3 is 9.80 Å². The molecule has 7 nitrogen and oxygen atoms in total. The van der Waals surface area contributed by atoms with Crippen LogP contribution in [0.2, 0.25) is 0 Å². The number of hydrogen-bond acceptors (Lipinski definition) is 6. The minimum absolute atomic E-state index is 0.00485. The standard InChI is InChI=1S/C27H32N6O/c1-18-10-13-31(16-18)26-19(2)17-33-25(29-26)14-23(30-33)24-8-3-4-12-32(24)27(34)21-7-5-6-20-9-11-28-15-22(20)21/h5-7,9,11,15,17-18,24-25H,3-4,8,10,12-14,16H2,1-2H3/t18-,24-,25?/m0/s1. The number of nitrogens with zero attached hydrogens (tertiary/aromatic N) is 6. The average Bonchev–Trinajstić information content (AvgIpc) is 3.48. The van der Waals surface area contributed by atoms with Crippen molar-refractivity contribution in [1.82, 2.24) is 19.8 Å². The minimum Gasteiger partial charge on any atom is -0.356 e. The lowest BCUT2D eigenvalue weighted by atomic mass is 9.94. The fourth-order valence-electron chi connectivity index (χ4n) is 5.89. The van der Waals surface area contributed by atoms with E-state index in [0.29, 0.717) is 0 Å². The van der Waals surface area contributed by atoms with E-state index in [0.717, 1.165) is 79.1 Å². The van der Waals surface area contributed by atoms with Crippen LogP contribution in [-0.4, -0.2) is 69.1 Å². The van der Waals surface area contributed by atoms with Crippen molar-refractivity contribution >= 4 is 28.2 Å². The number of fused-ring (bicyclic) bond motifs is 2. The van der Waals surface area contributed by atoms with Crippen molar-refractivity contribution in [3.05, 3.63) is 54.0 Å². The predicted octanol–water partition coefficient (Wildman–Crippen LogP) is 4.28. The molecule has 1 unspecified atom stereocenters. The molecule has 0 N–H and O–H groups in total. The third-order valence-corrected chi connectivity index (χ3v) is 7.68. The quantitative estimate of drug-likeness (QED) is 0.677. The van der Waals surface area contributed by atoms with Crippen molar-refractivity contribution in [1.29, 1.82) is 0 Å². The Morgan fingerprint density at radius 2 is 2.03 bits per heavy atom. The van der Waals surface area contributed by atoms with Crippen LogP contribution in [0.4, 0.5) is 0 Å². The summed E-state index contributed by atoms with van der Waals surface area (Å²) in [6, 6.07) is 7.91. The zero-order valence-corrected chi connectivity index (χ0v) is 20.0. The third kappa shape index (κ3) is 3.67. The number of hydrogen-bond donors (Lipinski definition) is 0. The van der Waals surface area contributed by atoms with E-state index in [2.05, 4.69) is 29.9 Å². The summed E-state index contributed by atoms with van der Waals surface area (Å²) in [6.07, 6.45) is 10.8. The largest absolute Gasteiger partial charge is 0.356 e.